The van der Waals surface area contributed by atoms with E-state index in [4.69, 9.17) is 21.5 Å². The van der Waals surface area contributed by atoms with Crippen molar-refractivity contribution in [2.45, 2.75) is 31.9 Å². The van der Waals surface area contributed by atoms with E-state index in [-0.39, 0.29) is 11.8 Å². The highest BCUT2D eigenvalue weighted by Crippen LogP contribution is 2.23. The Morgan fingerprint density at radius 2 is 1.90 bits per heavy atom. The maximum absolute atomic E-state index is 11.7. The van der Waals surface area contributed by atoms with Gasteiger partial charge in [-0.25, -0.2) is 4.98 Å². The van der Waals surface area contributed by atoms with Crippen LogP contribution in [0.4, 0.5) is 11.8 Å². The molecule has 0 saturated carbocycles. The van der Waals surface area contributed by atoms with Crippen molar-refractivity contribution in [1.29, 1.82) is 5.26 Å². The van der Waals surface area contributed by atoms with Gasteiger partial charge in [-0.2, -0.15) is 10.2 Å². The van der Waals surface area contributed by atoms with Gasteiger partial charge in [0.1, 0.15) is 29.4 Å². The van der Waals surface area contributed by atoms with E-state index in [1.807, 2.05) is 4.90 Å². The Hall–Kier alpha value is -3.87. The first kappa shape index (κ1) is 20.9. The molecule has 1 aromatic heterocycles. The van der Waals surface area contributed by atoms with Crippen LogP contribution in [0.5, 0.6) is 5.75 Å². The van der Waals surface area contributed by atoms with Crippen LogP contribution in [-0.4, -0.2) is 47.0 Å². The molecule has 10 nitrogen and oxygen atoms in total. The van der Waals surface area contributed by atoms with Crippen LogP contribution in [0.15, 0.2) is 30.3 Å². The Bertz CT molecular complexity index is 963. The molecule has 1 saturated heterocycles. The highest BCUT2D eigenvalue weighted by atomic mass is 16.5. The van der Waals surface area contributed by atoms with Crippen molar-refractivity contribution in [2.75, 3.05) is 23.3 Å². The number of hydrogen-bond acceptors (Lipinski definition) is 8. The monoisotopic (exact) mass is 409 g/mol. The van der Waals surface area contributed by atoms with Crippen LogP contribution < -0.4 is 26.4 Å². The number of anilines is 2. The number of carbonyl (C=O) groups excluding carboxylic acids is 2. The standard InChI is InChI=1S/C20H23N7O3/c1-12(18(22)28)24-17-10-16(19(23)29)25-20(26-17)27-8-6-15(7-9-27)30-14-4-2-13(11-21)3-5-14/h2-5,10,12,15H,6-9H2,1H3,(H2,22,28)(H2,23,29)(H,24,25,26). The molecule has 10 heteroatoms. The molecule has 2 amide bonds. The van der Waals surface area contributed by atoms with E-state index in [1.165, 1.54) is 6.07 Å². The molecule has 1 atom stereocenters. The number of ether oxygens (including phenoxy) is 1. The SMILES string of the molecule is CC(Nc1cc(C(N)=O)nc(N2CCC(Oc3ccc(C#N)cc3)CC2)n1)C(N)=O. The first-order chi connectivity index (χ1) is 14.4. The first-order valence-electron chi connectivity index (χ1n) is 9.52. The quantitative estimate of drug-likeness (QED) is 0.604. The minimum Gasteiger partial charge on any atom is -0.490 e. The summed E-state index contributed by atoms with van der Waals surface area (Å²) < 4.78 is 5.99. The smallest absolute Gasteiger partial charge is 0.267 e. The Morgan fingerprint density at radius 3 is 2.47 bits per heavy atom. The molecule has 3 rings (SSSR count). The lowest BCUT2D eigenvalue weighted by Crippen LogP contribution is -2.39. The first-order valence-corrected chi connectivity index (χ1v) is 9.52. The van der Waals surface area contributed by atoms with Gasteiger partial charge in [-0.3, -0.25) is 9.59 Å². The summed E-state index contributed by atoms with van der Waals surface area (Å²) >= 11 is 0. The van der Waals surface area contributed by atoms with E-state index in [2.05, 4.69) is 21.4 Å². The van der Waals surface area contributed by atoms with Gasteiger partial charge >= 0.3 is 0 Å². The zero-order chi connectivity index (χ0) is 21.7. The molecule has 1 aliphatic heterocycles. The lowest BCUT2D eigenvalue weighted by molar-refractivity contribution is -0.118. The Labute approximate surface area is 173 Å². The van der Waals surface area contributed by atoms with E-state index in [0.717, 1.165) is 12.8 Å². The van der Waals surface area contributed by atoms with E-state index in [1.54, 1.807) is 31.2 Å². The van der Waals surface area contributed by atoms with E-state index < -0.39 is 17.9 Å². The van der Waals surface area contributed by atoms with Crippen molar-refractivity contribution in [2.24, 2.45) is 11.5 Å². The van der Waals surface area contributed by atoms with E-state index >= 15 is 0 Å². The molecule has 1 unspecified atom stereocenters. The molecule has 2 aromatic rings. The van der Waals surface area contributed by atoms with Crippen LogP contribution in [0, 0.1) is 11.3 Å². The minimum absolute atomic E-state index is 0.0148. The summed E-state index contributed by atoms with van der Waals surface area (Å²) in [5, 5.41) is 11.7. The number of primary amides is 2. The molecule has 0 aliphatic carbocycles. The van der Waals surface area contributed by atoms with Gasteiger partial charge in [0.2, 0.25) is 11.9 Å². The van der Waals surface area contributed by atoms with Crippen molar-refractivity contribution in [1.82, 2.24) is 9.97 Å². The minimum atomic E-state index is -0.688. The fraction of sp³-hybridized carbons (Fsp3) is 0.350. The molecule has 0 radical (unpaired) electrons. The molecule has 5 N–H and O–H groups in total. The van der Waals surface area contributed by atoms with E-state index in [9.17, 15) is 9.59 Å². The van der Waals surface area contributed by atoms with Gasteiger partial charge in [0.15, 0.2) is 0 Å². The van der Waals surface area contributed by atoms with Crippen molar-refractivity contribution in [3.63, 3.8) is 0 Å². The highest BCUT2D eigenvalue weighted by Gasteiger charge is 2.24. The van der Waals surface area contributed by atoms with Gasteiger partial charge < -0.3 is 26.4 Å². The maximum atomic E-state index is 11.7. The lowest BCUT2D eigenvalue weighted by Gasteiger charge is -2.32. The third-order valence-electron chi connectivity index (χ3n) is 4.77. The number of amides is 2. The molecular formula is C20H23N7O3. The molecule has 1 aliphatic rings. The summed E-state index contributed by atoms with van der Waals surface area (Å²) in [7, 11) is 0. The molecule has 2 heterocycles. The van der Waals surface area contributed by atoms with Crippen LogP contribution in [0.25, 0.3) is 0 Å². The van der Waals surface area contributed by atoms with Crippen LogP contribution in [0.1, 0.15) is 35.8 Å². The highest BCUT2D eigenvalue weighted by molar-refractivity contribution is 5.92. The summed E-state index contributed by atoms with van der Waals surface area (Å²) in [4.78, 5) is 33.6. The molecule has 156 valence electrons. The zero-order valence-electron chi connectivity index (χ0n) is 16.5. The van der Waals surface area contributed by atoms with Crippen LogP contribution >= 0.6 is 0 Å². The lowest BCUT2D eigenvalue weighted by atomic mass is 10.1. The molecule has 1 aromatic carbocycles. The van der Waals surface area contributed by atoms with Crippen molar-refractivity contribution in [3.8, 4) is 11.8 Å². The summed E-state index contributed by atoms with van der Waals surface area (Å²) in [5.74, 6) is 0.133. The number of hydrogen-bond donors (Lipinski definition) is 3. The van der Waals surface area contributed by atoms with Crippen LogP contribution in [0.3, 0.4) is 0 Å². The number of nitrogens with one attached hydrogen (secondary N) is 1. The largest absolute Gasteiger partial charge is 0.490 e. The summed E-state index contributed by atoms with van der Waals surface area (Å²) in [6.07, 6.45) is 1.47. The molecule has 30 heavy (non-hydrogen) atoms. The topological polar surface area (TPSA) is 160 Å². The van der Waals surface area contributed by atoms with Gasteiger partial charge in [0.25, 0.3) is 5.91 Å². The van der Waals surface area contributed by atoms with Crippen molar-refractivity contribution in [3.05, 3.63) is 41.6 Å². The summed E-state index contributed by atoms with van der Waals surface area (Å²) in [6, 6.07) is 9.80. The summed E-state index contributed by atoms with van der Waals surface area (Å²) in [6.45, 7) is 2.84. The molecule has 1 fully saturated rings. The number of piperidine rings is 1. The second kappa shape index (κ2) is 9.09. The van der Waals surface area contributed by atoms with Gasteiger partial charge in [-0.15, -0.1) is 0 Å². The zero-order valence-corrected chi connectivity index (χ0v) is 16.5. The average Bonchev–Trinajstić information content (AvgIpc) is 2.74. The van der Waals surface area contributed by atoms with Gasteiger partial charge in [0, 0.05) is 32.0 Å². The maximum Gasteiger partial charge on any atom is 0.267 e. The molecule has 0 spiro atoms. The van der Waals surface area contributed by atoms with E-state index in [0.29, 0.717) is 36.2 Å². The number of rotatable bonds is 7. The fourth-order valence-corrected chi connectivity index (χ4v) is 3.04. The van der Waals surface area contributed by atoms with Crippen molar-refractivity contribution >= 4 is 23.6 Å². The number of carbonyl (C=O) groups is 2. The average molecular weight is 409 g/mol. The van der Waals surface area contributed by atoms with Crippen LogP contribution in [0.2, 0.25) is 0 Å². The second-order valence-corrected chi connectivity index (χ2v) is 7.01. The number of aromatic nitrogens is 2. The Morgan fingerprint density at radius 1 is 1.23 bits per heavy atom. The normalized spacial score (nSPS) is 15.1. The van der Waals surface area contributed by atoms with Crippen LogP contribution in [-0.2, 0) is 4.79 Å². The number of nitriles is 1. The molecular weight excluding hydrogens is 386 g/mol. The third kappa shape index (κ3) is 5.14. The second-order valence-electron chi connectivity index (χ2n) is 7.01. The number of benzene rings is 1. The third-order valence-corrected chi connectivity index (χ3v) is 4.77. The Balaban J connectivity index is 1.67. The van der Waals surface area contributed by atoms with Gasteiger partial charge in [0.05, 0.1) is 11.6 Å². The van der Waals surface area contributed by atoms with Crippen molar-refractivity contribution < 1.29 is 14.3 Å². The fourth-order valence-electron chi connectivity index (χ4n) is 3.04. The summed E-state index contributed by atoms with van der Waals surface area (Å²) in [5.41, 5.74) is 11.3. The predicted octanol–water partition coefficient (Wildman–Crippen LogP) is 0.781. The Kier molecular flexibility index (Phi) is 6.32. The molecule has 0 bridgehead atoms. The van der Waals surface area contributed by atoms with Gasteiger partial charge in [-0.05, 0) is 31.2 Å². The number of nitrogens with zero attached hydrogens (tertiary/aromatic N) is 4. The number of nitrogens with two attached hydrogens (primary N) is 2. The predicted molar refractivity (Wildman–Crippen MR) is 110 cm³/mol. The van der Waals surface area contributed by atoms with Gasteiger partial charge in [-0.1, -0.05) is 0 Å².